The van der Waals surface area contributed by atoms with Crippen LogP contribution in [0.2, 0.25) is 0 Å². The van der Waals surface area contributed by atoms with Gasteiger partial charge < -0.3 is 14.2 Å². The van der Waals surface area contributed by atoms with Gasteiger partial charge in [0.1, 0.15) is 13.2 Å². The Morgan fingerprint density at radius 1 is 0.296 bits per heavy atom. The monoisotopic (exact) mass is 987 g/mol. The van der Waals surface area contributed by atoms with Crippen molar-refractivity contribution in [1.82, 2.24) is 0 Å². The summed E-state index contributed by atoms with van der Waals surface area (Å²) in [6.45, 7) is 6.47. The summed E-state index contributed by atoms with van der Waals surface area (Å²) < 4.78 is 16.9. The lowest BCUT2D eigenvalue weighted by Gasteiger charge is -2.18. The van der Waals surface area contributed by atoms with Crippen molar-refractivity contribution >= 4 is 17.9 Å². The molecule has 6 heteroatoms. The second-order valence-corrected chi connectivity index (χ2v) is 19.5. The first kappa shape index (κ1) is 67.3. The first-order valence-corrected chi connectivity index (χ1v) is 29.7. The van der Waals surface area contributed by atoms with E-state index in [4.69, 9.17) is 14.2 Å². The molecule has 0 radical (unpaired) electrons. The van der Waals surface area contributed by atoms with E-state index in [1.807, 2.05) is 0 Å². The molecule has 0 aromatic rings. The van der Waals surface area contributed by atoms with Crippen molar-refractivity contribution in [2.75, 3.05) is 13.2 Å². The number of carbonyl (C=O) groups is 3. The fourth-order valence-electron chi connectivity index (χ4n) is 8.08. The Morgan fingerprint density at radius 2 is 0.549 bits per heavy atom. The quantitative estimate of drug-likeness (QED) is 0.0261. The molecule has 406 valence electrons. The Bertz CT molecular complexity index is 1410. The molecule has 0 heterocycles. The average molecular weight is 988 g/mol. The van der Waals surface area contributed by atoms with Gasteiger partial charge in [-0.25, -0.2) is 0 Å². The van der Waals surface area contributed by atoms with Gasteiger partial charge in [-0.2, -0.15) is 0 Å². The molecule has 0 N–H and O–H groups in total. The number of allylic oxidation sites excluding steroid dienone is 16. The minimum absolute atomic E-state index is 0.0964. The summed E-state index contributed by atoms with van der Waals surface area (Å²) in [4.78, 5) is 38.2. The van der Waals surface area contributed by atoms with Crippen LogP contribution >= 0.6 is 0 Å². The molecule has 0 saturated carbocycles. The normalized spacial score (nSPS) is 12.8. The molecule has 1 atom stereocenters. The fraction of sp³-hybridized carbons (Fsp3) is 0.708. The standard InChI is InChI=1S/C65H110O6/c1-4-7-10-13-16-19-22-25-28-30-32-34-37-40-43-46-49-52-55-58-64(67)70-61-62(60-69-63(66)57-54-51-48-45-42-39-36-27-24-21-18-15-12-9-6-3)71-65(68)59-56-53-50-47-44-41-38-35-33-31-29-26-23-20-17-14-11-8-5-2/h7,10,16,18-19,21,25-29,32,34,36,40,43,62H,4-6,8-9,11-15,17,20,22-24,30-31,33,35,37-39,41-42,44-61H2,1-3H3/b10-7-,19-16-,21-18-,28-25-,29-26-,34-32-,36-27-,43-40-/t62-/m0/s1. The van der Waals surface area contributed by atoms with E-state index in [-0.39, 0.29) is 31.1 Å². The summed E-state index contributed by atoms with van der Waals surface area (Å²) in [6.07, 6.45) is 78.2. The van der Waals surface area contributed by atoms with Crippen LogP contribution in [0.4, 0.5) is 0 Å². The number of rotatable bonds is 53. The van der Waals surface area contributed by atoms with Crippen molar-refractivity contribution < 1.29 is 28.6 Å². The molecule has 71 heavy (non-hydrogen) atoms. The van der Waals surface area contributed by atoms with Crippen molar-refractivity contribution in [1.29, 1.82) is 0 Å². The molecule has 0 rings (SSSR count). The third-order valence-electron chi connectivity index (χ3n) is 12.5. The van der Waals surface area contributed by atoms with Crippen molar-refractivity contribution in [3.63, 3.8) is 0 Å². The summed E-state index contributed by atoms with van der Waals surface area (Å²) in [7, 11) is 0. The third kappa shape index (κ3) is 57.1. The highest BCUT2D eigenvalue weighted by molar-refractivity contribution is 5.71. The highest BCUT2D eigenvalue weighted by atomic mass is 16.6. The SMILES string of the molecule is CC/C=C\C/C=C\C/C=C\C/C=C\C/C=C\CCCCCC(=O)OC[C@H](COC(=O)CCCCCCC/C=C\C/C=C\CCCCC)OC(=O)CCCCCCCCCCC/C=C\CCCCCCCC. The number of esters is 3. The summed E-state index contributed by atoms with van der Waals surface area (Å²) >= 11 is 0. The Hall–Kier alpha value is -3.67. The van der Waals surface area contributed by atoms with Gasteiger partial charge in [-0.1, -0.05) is 234 Å². The second kappa shape index (κ2) is 58.9. The van der Waals surface area contributed by atoms with E-state index < -0.39 is 6.10 Å². The highest BCUT2D eigenvalue weighted by Gasteiger charge is 2.19. The molecule has 0 aliphatic heterocycles. The lowest BCUT2D eigenvalue weighted by atomic mass is 10.1. The maximum Gasteiger partial charge on any atom is 0.306 e. The summed E-state index contributed by atoms with van der Waals surface area (Å²) in [5.74, 6) is -0.939. The van der Waals surface area contributed by atoms with Crippen LogP contribution in [-0.4, -0.2) is 37.2 Å². The number of hydrogen-bond donors (Lipinski definition) is 0. The Morgan fingerprint density at radius 3 is 0.915 bits per heavy atom. The largest absolute Gasteiger partial charge is 0.462 e. The van der Waals surface area contributed by atoms with Crippen LogP contribution in [0.15, 0.2) is 97.2 Å². The van der Waals surface area contributed by atoms with Gasteiger partial charge in [0.15, 0.2) is 6.10 Å². The van der Waals surface area contributed by atoms with Gasteiger partial charge in [0.2, 0.25) is 0 Å². The van der Waals surface area contributed by atoms with Crippen LogP contribution in [0, 0.1) is 0 Å². The lowest BCUT2D eigenvalue weighted by molar-refractivity contribution is -0.167. The molecular formula is C65H110O6. The van der Waals surface area contributed by atoms with E-state index in [2.05, 4.69) is 118 Å². The van der Waals surface area contributed by atoms with E-state index in [9.17, 15) is 14.4 Å². The fourth-order valence-corrected chi connectivity index (χ4v) is 8.08. The highest BCUT2D eigenvalue weighted by Crippen LogP contribution is 2.15. The Balaban J connectivity index is 4.46. The van der Waals surface area contributed by atoms with E-state index in [1.165, 1.54) is 116 Å². The van der Waals surface area contributed by atoms with Crippen LogP contribution in [0.25, 0.3) is 0 Å². The maximum absolute atomic E-state index is 12.9. The molecule has 0 aromatic heterocycles. The van der Waals surface area contributed by atoms with Crippen LogP contribution in [0.1, 0.15) is 278 Å². The minimum Gasteiger partial charge on any atom is -0.462 e. The predicted molar refractivity (Wildman–Crippen MR) is 307 cm³/mol. The number of ether oxygens (including phenoxy) is 3. The number of carbonyl (C=O) groups excluding carboxylic acids is 3. The molecule has 0 fully saturated rings. The third-order valence-corrected chi connectivity index (χ3v) is 12.5. The minimum atomic E-state index is -0.800. The summed E-state index contributed by atoms with van der Waals surface area (Å²) in [5.41, 5.74) is 0. The average Bonchev–Trinajstić information content (AvgIpc) is 3.37. The van der Waals surface area contributed by atoms with E-state index in [1.54, 1.807) is 0 Å². The van der Waals surface area contributed by atoms with Gasteiger partial charge in [-0.15, -0.1) is 0 Å². The van der Waals surface area contributed by atoms with Gasteiger partial charge in [0.05, 0.1) is 0 Å². The molecule has 0 saturated heterocycles. The number of unbranched alkanes of at least 4 members (excludes halogenated alkanes) is 26. The predicted octanol–water partition coefficient (Wildman–Crippen LogP) is 20.1. The van der Waals surface area contributed by atoms with Crippen LogP contribution in [-0.2, 0) is 28.6 Å². The zero-order valence-electron chi connectivity index (χ0n) is 46.5. The zero-order valence-corrected chi connectivity index (χ0v) is 46.5. The van der Waals surface area contributed by atoms with Gasteiger partial charge in [-0.05, 0) is 122 Å². The van der Waals surface area contributed by atoms with Crippen LogP contribution in [0.5, 0.6) is 0 Å². The molecule has 0 unspecified atom stereocenters. The zero-order chi connectivity index (χ0) is 51.4. The van der Waals surface area contributed by atoms with E-state index in [0.717, 1.165) is 122 Å². The van der Waals surface area contributed by atoms with Gasteiger partial charge in [0.25, 0.3) is 0 Å². The first-order chi connectivity index (χ1) is 35.0. The summed E-state index contributed by atoms with van der Waals surface area (Å²) in [6, 6.07) is 0. The van der Waals surface area contributed by atoms with Crippen LogP contribution in [0.3, 0.4) is 0 Å². The smallest absolute Gasteiger partial charge is 0.306 e. The van der Waals surface area contributed by atoms with Gasteiger partial charge >= 0.3 is 17.9 Å². The molecule has 0 aliphatic rings. The molecule has 0 amide bonds. The van der Waals surface area contributed by atoms with E-state index >= 15 is 0 Å². The van der Waals surface area contributed by atoms with Crippen LogP contribution < -0.4 is 0 Å². The van der Waals surface area contributed by atoms with Crippen molar-refractivity contribution in [2.24, 2.45) is 0 Å². The number of hydrogen-bond acceptors (Lipinski definition) is 6. The molecule has 0 aromatic carbocycles. The summed E-state index contributed by atoms with van der Waals surface area (Å²) in [5, 5.41) is 0. The molecular weight excluding hydrogens is 877 g/mol. The first-order valence-electron chi connectivity index (χ1n) is 29.7. The topological polar surface area (TPSA) is 78.9 Å². The van der Waals surface area contributed by atoms with Crippen molar-refractivity contribution in [3.8, 4) is 0 Å². The molecule has 6 nitrogen and oxygen atoms in total. The molecule has 0 aliphatic carbocycles. The van der Waals surface area contributed by atoms with Crippen molar-refractivity contribution in [3.05, 3.63) is 97.2 Å². The van der Waals surface area contributed by atoms with Gasteiger partial charge in [0, 0.05) is 19.3 Å². The Labute approximate surface area is 438 Å². The van der Waals surface area contributed by atoms with Gasteiger partial charge in [-0.3, -0.25) is 14.4 Å². The Kier molecular flexibility index (Phi) is 55.9. The van der Waals surface area contributed by atoms with E-state index in [0.29, 0.717) is 19.3 Å². The second-order valence-electron chi connectivity index (χ2n) is 19.5. The lowest BCUT2D eigenvalue weighted by Crippen LogP contribution is -2.30. The molecule has 0 spiro atoms. The van der Waals surface area contributed by atoms with Crippen molar-refractivity contribution in [2.45, 2.75) is 284 Å². The maximum atomic E-state index is 12.9. The molecule has 0 bridgehead atoms.